The van der Waals surface area contributed by atoms with Crippen molar-refractivity contribution in [1.82, 2.24) is 19.6 Å². The Morgan fingerprint density at radius 3 is 2.69 bits per heavy atom. The van der Waals surface area contributed by atoms with Gasteiger partial charge in [0.2, 0.25) is 0 Å². The van der Waals surface area contributed by atoms with E-state index in [1.54, 1.807) is 4.52 Å². The van der Waals surface area contributed by atoms with Crippen LogP contribution in [0.15, 0.2) is 23.0 Å². The Morgan fingerprint density at radius 1 is 1.28 bits per heavy atom. The first-order chi connectivity index (χ1) is 15.4. The van der Waals surface area contributed by atoms with Gasteiger partial charge in [-0.15, -0.1) is 5.10 Å². The van der Waals surface area contributed by atoms with Crippen molar-refractivity contribution < 1.29 is 14.3 Å². The maximum Gasteiger partial charge on any atom is 0.312 e. The number of carbonyl (C=O) groups is 1. The number of ether oxygens (including phenoxy) is 2. The molecule has 0 spiro atoms. The van der Waals surface area contributed by atoms with Crippen molar-refractivity contribution in [3.63, 3.8) is 0 Å². The van der Waals surface area contributed by atoms with E-state index in [1.807, 2.05) is 32.0 Å². The van der Waals surface area contributed by atoms with E-state index in [0.717, 1.165) is 43.5 Å². The number of imidazole rings is 1. The lowest BCUT2D eigenvalue weighted by molar-refractivity contribution is -0.158. The fraction of sp³-hybridized carbons (Fsp3) is 0.500. The summed E-state index contributed by atoms with van der Waals surface area (Å²) in [4.78, 5) is 32.8. The van der Waals surface area contributed by atoms with Crippen LogP contribution in [-0.2, 0) is 22.4 Å². The van der Waals surface area contributed by atoms with Crippen molar-refractivity contribution in [2.24, 2.45) is 5.41 Å². The summed E-state index contributed by atoms with van der Waals surface area (Å²) in [5.41, 5.74) is 2.09. The molecule has 1 aliphatic carbocycles. The molecule has 1 aromatic carbocycles. The number of fused-ring (bicyclic) bond motifs is 1. The minimum absolute atomic E-state index is 0.162. The van der Waals surface area contributed by atoms with Crippen molar-refractivity contribution in [2.75, 3.05) is 13.7 Å². The van der Waals surface area contributed by atoms with Crippen LogP contribution in [0.2, 0.25) is 0 Å². The van der Waals surface area contributed by atoms with Crippen LogP contribution in [0.25, 0.3) is 16.9 Å². The van der Waals surface area contributed by atoms with E-state index in [1.165, 1.54) is 7.11 Å². The first-order valence-corrected chi connectivity index (χ1v) is 11.3. The van der Waals surface area contributed by atoms with Crippen LogP contribution >= 0.6 is 0 Å². The number of rotatable bonds is 8. The second-order valence-electron chi connectivity index (χ2n) is 8.49. The smallest absolute Gasteiger partial charge is 0.312 e. The largest absolute Gasteiger partial charge is 0.493 e. The van der Waals surface area contributed by atoms with E-state index in [9.17, 15) is 9.59 Å². The van der Waals surface area contributed by atoms with Gasteiger partial charge in [-0.2, -0.15) is 0 Å². The SMILES string of the molecule is CCCc1nc(C)c2c(=O)[nH]c(-c3cc(CC4(C(=O)OC)CCC4)ccc3OCC)nn12. The fourth-order valence-electron chi connectivity index (χ4n) is 4.56. The Kier molecular flexibility index (Phi) is 6.04. The zero-order chi connectivity index (χ0) is 22.9. The van der Waals surface area contributed by atoms with Gasteiger partial charge in [0.1, 0.15) is 11.6 Å². The molecule has 1 saturated carbocycles. The number of H-pyrrole nitrogens is 1. The lowest BCUT2D eigenvalue weighted by Crippen LogP contribution is -2.40. The topological polar surface area (TPSA) is 98.6 Å². The minimum atomic E-state index is -0.473. The standard InChI is InChI=1S/C24H30N4O4/c1-5-8-19-25-15(3)20-22(29)26-21(27-28(19)20)17-13-16(9-10-18(17)32-6-2)14-24(11-7-12-24)23(30)31-4/h9-10,13H,5-8,11-12,14H2,1-4H3,(H,26,27,29). The predicted octanol–water partition coefficient (Wildman–Crippen LogP) is 3.63. The number of aromatic nitrogens is 4. The molecule has 3 aromatic rings. The predicted molar refractivity (Wildman–Crippen MR) is 121 cm³/mol. The number of nitrogens with zero attached hydrogens (tertiary/aromatic N) is 3. The summed E-state index contributed by atoms with van der Waals surface area (Å²) in [7, 11) is 1.44. The third kappa shape index (κ3) is 3.78. The molecule has 8 nitrogen and oxygen atoms in total. The highest BCUT2D eigenvalue weighted by Gasteiger charge is 2.45. The third-order valence-corrected chi connectivity index (χ3v) is 6.29. The van der Waals surface area contributed by atoms with Crippen LogP contribution in [0.1, 0.15) is 56.6 Å². The van der Waals surface area contributed by atoms with Gasteiger partial charge in [-0.1, -0.05) is 19.4 Å². The van der Waals surface area contributed by atoms with Gasteiger partial charge in [-0.3, -0.25) is 9.59 Å². The monoisotopic (exact) mass is 438 g/mol. The van der Waals surface area contributed by atoms with Gasteiger partial charge in [0.15, 0.2) is 11.3 Å². The summed E-state index contributed by atoms with van der Waals surface area (Å²) in [6.45, 7) is 6.29. The summed E-state index contributed by atoms with van der Waals surface area (Å²) in [6.07, 6.45) is 4.86. The normalized spacial score (nSPS) is 14.9. The first-order valence-electron chi connectivity index (χ1n) is 11.3. The maximum absolute atomic E-state index is 12.9. The molecule has 0 bridgehead atoms. The van der Waals surface area contributed by atoms with E-state index >= 15 is 0 Å². The maximum atomic E-state index is 12.9. The van der Waals surface area contributed by atoms with Crippen molar-refractivity contribution in [3.8, 4) is 17.1 Å². The van der Waals surface area contributed by atoms with Crippen LogP contribution in [0.4, 0.5) is 0 Å². The third-order valence-electron chi connectivity index (χ3n) is 6.29. The van der Waals surface area contributed by atoms with Crippen LogP contribution in [-0.4, -0.2) is 39.3 Å². The van der Waals surface area contributed by atoms with Gasteiger partial charge >= 0.3 is 5.97 Å². The lowest BCUT2D eigenvalue weighted by Gasteiger charge is -2.39. The second-order valence-corrected chi connectivity index (χ2v) is 8.49. The van der Waals surface area contributed by atoms with Gasteiger partial charge in [-0.25, -0.2) is 9.50 Å². The van der Waals surface area contributed by atoms with Crippen molar-refractivity contribution >= 4 is 11.5 Å². The molecule has 8 heteroatoms. The highest BCUT2D eigenvalue weighted by atomic mass is 16.5. The van der Waals surface area contributed by atoms with Crippen LogP contribution in [0.3, 0.4) is 0 Å². The van der Waals surface area contributed by atoms with Crippen LogP contribution in [0.5, 0.6) is 5.75 Å². The number of methoxy groups -OCH3 is 1. The van der Waals surface area contributed by atoms with Crippen molar-refractivity contribution in [3.05, 3.63) is 45.6 Å². The number of nitrogens with one attached hydrogen (secondary N) is 1. The number of hydrogen-bond donors (Lipinski definition) is 1. The van der Waals surface area contributed by atoms with Gasteiger partial charge in [0.25, 0.3) is 5.56 Å². The van der Waals surface area contributed by atoms with Crippen molar-refractivity contribution in [2.45, 2.75) is 59.3 Å². The zero-order valence-corrected chi connectivity index (χ0v) is 19.2. The highest BCUT2D eigenvalue weighted by molar-refractivity contribution is 5.78. The highest BCUT2D eigenvalue weighted by Crippen LogP contribution is 2.45. The summed E-state index contributed by atoms with van der Waals surface area (Å²) in [5, 5.41) is 4.74. The molecule has 0 saturated heterocycles. The molecule has 32 heavy (non-hydrogen) atoms. The van der Waals surface area contributed by atoms with Crippen LogP contribution in [0, 0.1) is 12.3 Å². The molecule has 1 aliphatic rings. The summed E-state index contributed by atoms with van der Waals surface area (Å²) in [6, 6.07) is 5.81. The number of esters is 1. The molecule has 4 rings (SSSR count). The van der Waals surface area contributed by atoms with E-state index in [2.05, 4.69) is 16.9 Å². The molecule has 0 amide bonds. The molecule has 2 aromatic heterocycles. The molecule has 1 fully saturated rings. The Morgan fingerprint density at radius 2 is 2.06 bits per heavy atom. The minimum Gasteiger partial charge on any atom is -0.493 e. The molecule has 1 N–H and O–H groups in total. The Hall–Kier alpha value is -3.16. The molecule has 2 heterocycles. The fourth-order valence-corrected chi connectivity index (χ4v) is 4.56. The van der Waals surface area contributed by atoms with E-state index in [4.69, 9.17) is 14.6 Å². The summed E-state index contributed by atoms with van der Waals surface area (Å²) >= 11 is 0. The summed E-state index contributed by atoms with van der Waals surface area (Å²) in [5.74, 6) is 1.66. The van der Waals surface area contributed by atoms with E-state index in [-0.39, 0.29) is 11.5 Å². The number of aryl methyl sites for hydroxylation is 2. The molecular formula is C24H30N4O4. The van der Waals surface area contributed by atoms with Gasteiger partial charge in [0.05, 0.1) is 30.4 Å². The average molecular weight is 439 g/mol. The van der Waals surface area contributed by atoms with Gasteiger partial charge < -0.3 is 14.5 Å². The average Bonchev–Trinajstić information content (AvgIpc) is 3.07. The first kappa shape index (κ1) is 22.0. The Bertz CT molecular complexity index is 1210. The number of carbonyl (C=O) groups excluding carboxylic acids is 1. The second kappa shape index (κ2) is 8.76. The Labute approximate surface area is 187 Å². The molecule has 0 aliphatic heterocycles. The zero-order valence-electron chi connectivity index (χ0n) is 19.2. The molecule has 0 radical (unpaired) electrons. The Balaban J connectivity index is 1.82. The number of aromatic amines is 1. The summed E-state index contributed by atoms with van der Waals surface area (Å²) < 4.78 is 12.6. The van der Waals surface area contributed by atoms with Crippen LogP contribution < -0.4 is 10.3 Å². The van der Waals surface area contributed by atoms with Gasteiger partial charge in [0, 0.05) is 6.42 Å². The molecule has 0 atom stereocenters. The number of benzene rings is 1. The lowest BCUT2D eigenvalue weighted by atomic mass is 9.65. The number of hydrogen-bond acceptors (Lipinski definition) is 6. The van der Waals surface area contributed by atoms with Gasteiger partial charge in [-0.05, 0) is 57.2 Å². The van der Waals surface area contributed by atoms with Crippen molar-refractivity contribution in [1.29, 1.82) is 0 Å². The molecular weight excluding hydrogens is 408 g/mol. The quantitative estimate of drug-likeness (QED) is 0.539. The van der Waals surface area contributed by atoms with E-state index in [0.29, 0.717) is 41.4 Å². The molecule has 170 valence electrons. The molecule has 0 unspecified atom stereocenters. The van der Waals surface area contributed by atoms with E-state index < -0.39 is 5.41 Å².